The molecule has 0 radical (unpaired) electrons. The molecule has 0 amide bonds. The van der Waals surface area contributed by atoms with Crippen LogP contribution in [0, 0.1) is 6.92 Å². The Balaban J connectivity index is 1.66. The third-order valence-corrected chi connectivity index (χ3v) is 4.62. The second kappa shape index (κ2) is 6.29. The van der Waals surface area contributed by atoms with Crippen LogP contribution < -0.4 is 9.80 Å². The predicted molar refractivity (Wildman–Crippen MR) is 99.8 cm³/mol. The third kappa shape index (κ3) is 2.94. The SMILES string of the molecule is Cc1c(O)c(N2CC2)c(/C=C/OC(=O)c2ccccc2)c(O)c1N1CC1. The van der Waals surface area contributed by atoms with Crippen LogP contribution in [0.4, 0.5) is 11.4 Å². The summed E-state index contributed by atoms with van der Waals surface area (Å²) in [5.41, 5.74) is 2.80. The molecule has 2 aliphatic heterocycles. The number of aromatic hydroxyl groups is 2. The molecule has 0 spiro atoms. The number of phenols is 2. The van der Waals surface area contributed by atoms with Crippen LogP contribution >= 0.6 is 0 Å². The number of rotatable bonds is 5. The van der Waals surface area contributed by atoms with E-state index in [0.717, 1.165) is 26.2 Å². The van der Waals surface area contributed by atoms with Gasteiger partial charge in [-0.25, -0.2) is 4.79 Å². The summed E-state index contributed by atoms with van der Waals surface area (Å²) in [6.45, 7) is 5.14. The number of benzene rings is 2. The van der Waals surface area contributed by atoms with Gasteiger partial charge in [-0.15, -0.1) is 0 Å². The lowest BCUT2D eigenvalue weighted by molar-refractivity contribution is 0.0665. The molecule has 2 fully saturated rings. The number of phenolic OH excluding ortho intramolecular Hbond substituents is 2. The maximum Gasteiger partial charge on any atom is 0.342 e. The highest BCUT2D eigenvalue weighted by Gasteiger charge is 2.33. The molecule has 2 aromatic carbocycles. The van der Waals surface area contributed by atoms with Crippen molar-refractivity contribution in [2.45, 2.75) is 6.92 Å². The first-order valence-corrected chi connectivity index (χ1v) is 8.59. The molecule has 26 heavy (non-hydrogen) atoms. The summed E-state index contributed by atoms with van der Waals surface area (Å²) in [7, 11) is 0. The van der Waals surface area contributed by atoms with Gasteiger partial charge in [0.05, 0.1) is 23.2 Å². The van der Waals surface area contributed by atoms with Crippen molar-refractivity contribution in [3.8, 4) is 11.5 Å². The second-order valence-corrected chi connectivity index (χ2v) is 6.48. The average molecular weight is 352 g/mol. The highest BCUT2D eigenvalue weighted by atomic mass is 16.5. The van der Waals surface area contributed by atoms with Gasteiger partial charge in [0.25, 0.3) is 0 Å². The van der Waals surface area contributed by atoms with Gasteiger partial charge in [0.2, 0.25) is 0 Å². The van der Waals surface area contributed by atoms with E-state index in [1.807, 2.05) is 15.9 Å². The molecule has 6 nitrogen and oxygen atoms in total. The summed E-state index contributed by atoms with van der Waals surface area (Å²) in [5, 5.41) is 21.4. The van der Waals surface area contributed by atoms with Crippen LogP contribution in [0.25, 0.3) is 6.08 Å². The van der Waals surface area contributed by atoms with Gasteiger partial charge in [-0.2, -0.15) is 0 Å². The summed E-state index contributed by atoms with van der Waals surface area (Å²) < 4.78 is 5.18. The third-order valence-electron chi connectivity index (χ3n) is 4.62. The Kier molecular flexibility index (Phi) is 3.95. The van der Waals surface area contributed by atoms with Crippen molar-refractivity contribution in [2.75, 3.05) is 36.0 Å². The molecule has 2 aromatic rings. The van der Waals surface area contributed by atoms with Crippen molar-refractivity contribution in [1.82, 2.24) is 0 Å². The van der Waals surface area contributed by atoms with E-state index in [-0.39, 0.29) is 11.5 Å². The van der Waals surface area contributed by atoms with E-state index in [9.17, 15) is 15.0 Å². The first-order valence-electron chi connectivity index (χ1n) is 8.59. The maximum atomic E-state index is 12.1. The minimum Gasteiger partial charge on any atom is -0.505 e. The van der Waals surface area contributed by atoms with Gasteiger partial charge in [0.15, 0.2) is 0 Å². The van der Waals surface area contributed by atoms with E-state index in [2.05, 4.69) is 0 Å². The normalized spacial score (nSPS) is 15.4. The van der Waals surface area contributed by atoms with Crippen molar-refractivity contribution in [3.63, 3.8) is 0 Å². The van der Waals surface area contributed by atoms with E-state index in [4.69, 9.17) is 4.74 Å². The van der Waals surface area contributed by atoms with Crippen molar-refractivity contribution in [1.29, 1.82) is 0 Å². The Bertz CT molecular complexity index is 885. The van der Waals surface area contributed by atoms with E-state index < -0.39 is 5.97 Å². The quantitative estimate of drug-likeness (QED) is 0.373. The highest BCUT2D eigenvalue weighted by Crippen LogP contribution is 2.50. The van der Waals surface area contributed by atoms with E-state index >= 15 is 0 Å². The fourth-order valence-corrected chi connectivity index (χ4v) is 3.05. The Morgan fingerprint density at radius 2 is 1.62 bits per heavy atom. The van der Waals surface area contributed by atoms with Crippen LogP contribution in [0.1, 0.15) is 21.5 Å². The first-order chi connectivity index (χ1) is 12.6. The number of anilines is 2. The van der Waals surface area contributed by atoms with Gasteiger partial charge in [-0.05, 0) is 25.1 Å². The summed E-state index contributed by atoms with van der Waals surface area (Å²) in [6, 6.07) is 8.69. The topological polar surface area (TPSA) is 72.8 Å². The molecule has 2 N–H and O–H groups in total. The summed E-state index contributed by atoms with van der Waals surface area (Å²) in [5.74, 6) is -0.208. The van der Waals surface area contributed by atoms with Crippen molar-refractivity contribution in [2.24, 2.45) is 0 Å². The van der Waals surface area contributed by atoms with E-state index in [1.165, 1.54) is 12.3 Å². The molecule has 2 heterocycles. The lowest BCUT2D eigenvalue weighted by atomic mass is 10.0. The van der Waals surface area contributed by atoms with Crippen molar-refractivity contribution < 1.29 is 19.7 Å². The predicted octanol–water partition coefficient (Wildman–Crippen LogP) is 2.87. The number of hydrogen-bond acceptors (Lipinski definition) is 6. The minimum absolute atomic E-state index is 0.103. The van der Waals surface area contributed by atoms with Crippen LogP contribution in [0.5, 0.6) is 11.5 Å². The van der Waals surface area contributed by atoms with Gasteiger partial charge in [0.1, 0.15) is 11.5 Å². The molecular weight excluding hydrogens is 332 g/mol. The molecule has 0 atom stereocenters. The van der Waals surface area contributed by atoms with Crippen LogP contribution in [-0.2, 0) is 4.74 Å². The molecule has 0 bridgehead atoms. The monoisotopic (exact) mass is 352 g/mol. The van der Waals surface area contributed by atoms with E-state index in [0.29, 0.717) is 28.1 Å². The molecule has 134 valence electrons. The highest BCUT2D eigenvalue weighted by molar-refractivity contribution is 5.91. The number of esters is 1. The van der Waals surface area contributed by atoms with E-state index in [1.54, 1.807) is 31.2 Å². The Labute approximate surface area is 151 Å². The average Bonchev–Trinajstić information content (AvgIpc) is 3.53. The number of carbonyl (C=O) groups is 1. The summed E-state index contributed by atoms with van der Waals surface area (Å²) in [6.07, 6.45) is 2.80. The largest absolute Gasteiger partial charge is 0.505 e. The lowest BCUT2D eigenvalue weighted by Crippen LogP contribution is -2.03. The molecule has 0 aromatic heterocycles. The van der Waals surface area contributed by atoms with Gasteiger partial charge in [-0.1, -0.05) is 18.2 Å². The smallest absolute Gasteiger partial charge is 0.342 e. The number of ether oxygens (including phenoxy) is 1. The number of nitrogens with zero attached hydrogens (tertiary/aromatic N) is 2. The molecule has 0 saturated carbocycles. The number of hydrogen-bond donors (Lipinski definition) is 2. The molecule has 6 heteroatoms. The standard InChI is InChI=1S/C20H20N2O4/c1-13-16(21-8-9-21)19(24)15(17(18(13)23)22-10-11-22)7-12-26-20(25)14-5-3-2-4-6-14/h2-7,12,23-24H,8-11H2,1H3/b12-7+. The fraction of sp³-hybridized carbons (Fsp3) is 0.250. The van der Waals surface area contributed by atoms with Crippen LogP contribution in [0.15, 0.2) is 36.6 Å². The molecule has 2 aliphatic rings. The zero-order valence-corrected chi connectivity index (χ0v) is 14.5. The van der Waals surface area contributed by atoms with Crippen LogP contribution in [0.2, 0.25) is 0 Å². The number of carbonyl (C=O) groups excluding carboxylic acids is 1. The zero-order valence-electron chi connectivity index (χ0n) is 14.5. The molecule has 0 aliphatic carbocycles. The van der Waals surface area contributed by atoms with Crippen molar-refractivity contribution >= 4 is 23.4 Å². The molecule has 2 saturated heterocycles. The van der Waals surface area contributed by atoms with Gasteiger partial charge >= 0.3 is 5.97 Å². The van der Waals surface area contributed by atoms with Gasteiger partial charge < -0.3 is 24.7 Å². The van der Waals surface area contributed by atoms with Crippen LogP contribution in [0.3, 0.4) is 0 Å². The van der Waals surface area contributed by atoms with Crippen LogP contribution in [-0.4, -0.2) is 42.4 Å². The minimum atomic E-state index is -0.475. The van der Waals surface area contributed by atoms with Crippen molar-refractivity contribution in [3.05, 3.63) is 53.3 Å². The Hall–Kier alpha value is -3.15. The second-order valence-electron chi connectivity index (χ2n) is 6.48. The maximum absolute atomic E-state index is 12.1. The molecule has 4 rings (SSSR count). The lowest BCUT2D eigenvalue weighted by Gasteiger charge is -2.19. The molecule has 0 unspecified atom stereocenters. The van der Waals surface area contributed by atoms with Gasteiger partial charge in [0, 0.05) is 37.3 Å². The first kappa shape index (κ1) is 16.3. The summed E-state index contributed by atoms with van der Waals surface area (Å²) in [4.78, 5) is 16.0. The Morgan fingerprint density at radius 3 is 2.23 bits per heavy atom. The Morgan fingerprint density at radius 1 is 1.00 bits per heavy atom. The van der Waals surface area contributed by atoms with Gasteiger partial charge in [-0.3, -0.25) is 0 Å². The fourth-order valence-electron chi connectivity index (χ4n) is 3.05. The molecular formula is C20H20N2O4. The zero-order chi connectivity index (χ0) is 18.3. The summed E-state index contributed by atoms with van der Waals surface area (Å²) >= 11 is 0.